The molecule has 1 saturated heterocycles. The first-order valence-corrected chi connectivity index (χ1v) is 13.1. The summed E-state index contributed by atoms with van der Waals surface area (Å²) in [6.07, 6.45) is 6.73. The molecule has 1 aliphatic carbocycles. The Morgan fingerprint density at radius 2 is 1.75 bits per heavy atom. The zero-order chi connectivity index (χ0) is 26.3. The Bertz CT molecular complexity index is 875. The summed E-state index contributed by atoms with van der Waals surface area (Å²) in [6, 6.07) is 5.71. The Hall–Kier alpha value is -2.68. The molecule has 2 aliphatic rings. The number of benzene rings is 1. The number of hydroxylamine groups is 2. The van der Waals surface area contributed by atoms with E-state index < -0.39 is 17.4 Å². The van der Waals surface area contributed by atoms with Crippen LogP contribution in [0.25, 0.3) is 0 Å². The Morgan fingerprint density at radius 3 is 2.31 bits per heavy atom. The molecular formula is C27H41FN4O4. The average Bonchev–Trinajstić information content (AvgIpc) is 3.36. The van der Waals surface area contributed by atoms with Crippen LogP contribution in [-0.4, -0.2) is 65.1 Å². The molecule has 8 nitrogen and oxygen atoms in total. The quantitative estimate of drug-likeness (QED) is 0.256. The lowest BCUT2D eigenvalue weighted by molar-refractivity contribution is -0.156. The van der Waals surface area contributed by atoms with Crippen molar-refractivity contribution in [3.05, 3.63) is 30.1 Å². The SMILES string of the molecule is CC(C)(C)[C@H](NC(=O)[C@H](CC1CCCC1)CN(O)C=O)C(=O)N1CCC(Nc2ccc(F)cc2)CC1. The Morgan fingerprint density at radius 1 is 1.14 bits per heavy atom. The topological polar surface area (TPSA) is 102 Å². The average molecular weight is 505 g/mol. The van der Waals surface area contributed by atoms with Gasteiger partial charge in [-0.25, -0.2) is 9.45 Å². The summed E-state index contributed by atoms with van der Waals surface area (Å²) < 4.78 is 13.2. The molecule has 36 heavy (non-hydrogen) atoms. The van der Waals surface area contributed by atoms with Gasteiger partial charge in [-0.3, -0.25) is 19.6 Å². The molecule has 200 valence electrons. The molecule has 3 amide bonds. The smallest absolute Gasteiger partial charge is 0.245 e. The van der Waals surface area contributed by atoms with Crippen LogP contribution in [0.3, 0.4) is 0 Å². The molecule has 1 aliphatic heterocycles. The molecule has 2 fully saturated rings. The van der Waals surface area contributed by atoms with Crippen LogP contribution in [0.1, 0.15) is 65.7 Å². The summed E-state index contributed by atoms with van der Waals surface area (Å²) in [5.41, 5.74) is 0.333. The summed E-state index contributed by atoms with van der Waals surface area (Å²) in [5, 5.41) is 16.7. The predicted molar refractivity (Wildman–Crippen MR) is 136 cm³/mol. The monoisotopic (exact) mass is 504 g/mol. The summed E-state index contributed by atoms with van der Waals surface area (Å²) in [4.78, 5) is 39.7. The van der Waals surface area contributed by atoms with Crippen LogP contribution >= 0.6 is 0 Å². The first-order valence-electron chi connectivity index (χ1n) is 13.1. The number of halogens is 1. The second-order valence-electron chi connectivity index (χ2n) is 11.4. The van der Waals surface area contributed by atoms with Crippen molar-refractivity contribution in [2.75, 3.05) is 25.0 Å². The largest absolute Gasteiger partial charge is 0.382 e. The number of hydrogen-bond acceptors (Lipinski definition) is 5. The lowest BCUT2D eigenvalue weighted by Gasteiger charge is -2.39. The number of hydrogen-bond donors (Lipinski definition) is 3. The number of piperidine rings is 1. The molecule has 0 bridgehead atoms. The number of amides is 3. The number of carbonyl (C=O) groups is 3. The molecule has 9 heteroatoms. The van der Waals surface area contributed by atoms with E-state index in [1.807, 2.05) is 20.8 Å². The molecule has 0 aromatic heterocycles. The van der Waals surface area contributed by atoms with Crippen molar-refractivity contribution >= 4 is 23.9 Å². The molecule has 1 aromatic rings. The number of nitrogens with zero attached hydrogens (tertiary/aromatic N) is 2. The van der Waals surface area contributed by atoms with Crippen LogP contribution in [0.2, 0.25) is 0 Å². The molecule has 0 unspecified atom stereocenters. The Labute approximate surface area is 213 Å². The zero-order valence-electron chi connectivity index (χ0n) is 21.7. The zero-order valence-corrected chi connectivity index (χ0v) is 21.7. The van der Waals surface area contributed by atoms with Gasteiger partial charge in [0.15, 0.2) is 0 Å². The van der Waals surface area contributed by atoms with Gasteiger partial charge >= 0.3 is 0 Å². The van der Waals surface area contributed by atoms with Gasteiger partial charge in [0, 0.05) is 24.8 Å². The summed E-state index contributed by atoms with van der Waals surface area (Å²) in [6.45, 7) is 6.80. The third kappa shape index (κ3) is 7.91. The van der Waals surface area contributed by atoms with Gasteiger partial charge in [-0.2, -0.15) is 0 Å². The van der Waals surface area contributed by atoms with E-state index in [0.717, 1.165) is 44.2 Å². The fraction of sp³-hybridized carbons (Fsp3) is 0.667. The van der Waals surface area contributed by atoms with Crippen molar-refractivity contribution in [2.45, 2.75) is 77.8 Å². The van der Waals surface area contributed by atoms with Crippen LogP contribution in [0.15, 0.2) is 24.3 Å². The van der Waals surface area contributed by atoms with E-state index in [1.54, 1.807) is 17.0 Å². The minimum absolute atomic E-state index is 0.0860. The number of nitrogens with one attached hydrogen (secondary N) is 2. The summed E-state index contributed by atoms with van der Waals surface area (Å²) in [5.74, 6) is -0.890. The van der Waals surface area contributed by atoms with Crippen LogP contribution in [0.5, 0.6) is 0 Å². The predicted octanol–water partition coefficient (Wildman–Crippen LogP) is 3.80. The van der Waals surface area contributed by atoms with Gasteiger partial charge in [0.2, 0.25) is 18.2 Å². The van der Waals surface area contributed by atoms with Gasteiger partial charge < -0.3 is 15.5 Å². The normalized spacial score (nSPS) is 19.0. The van der Waals surface area contributed by atoms with Gasteiger partial charge in [-0.05, 0) is 54.9 Å². The highest BCUT2D eigenvalue weighted by atomic mass is 19.1. The minimum atomic E-state index is -0.721. The van der Waals surface area contributed by atoms with Gasteiger partial charge in [0.1, 0.15) is 11.9 Å². The van der Waals surface area contributed by atoms with Crippen molar-refractivity contribution in [3.8, 4) is 0 Å². The van der Waals surface area contributed by atoms with Crippen molar-refractivity contribution < 1.29 is 24.0 Å². The maximum atomic E-state index is 13.6. The molecule has 1 aromatic carbocycles. The molecule has 0 radical (unpaired) electrons. The number of likely N-dealkylation sites (tertiary alicyclic amines) is 1. The van der Waals surface area contributed by atoms with E-state index in [4.69, 9.17) is 0 Å². The molecule has 3 N–H and O–H groups in total. The fourth-order valence-corrected chi connectivity index (χ4v) is 5.30. The van der Waals surface area contributed by atoms with Gasteiger partial charge in [-0.1, -0.05) is 46.5 Å². The number of rotatable bonds is 10. The van der Waals surface area contributed by atoms with Gasteiger partial charge in [0.05, 0.1) is 12.5 Å². The number of carbonyl (C=O) groups excluding carboxylic acids is 3. The molecule has 2 atom stereocenters. The molecule has 3 rings (SSSR count). The highest BCUT2D eigenvalue weighted by molar-refractivity contribution is 5.89. The molecule has 1 saturated carbocycles. The standard InChI is InChI=1S/C27H41FN4O4/c1-27(2,3)24(30-25(34)20(17-32(36)18-33)16-19-6-4-5-7-19)26(35)31-14-12-23(13-15-31)29-22-10-8-21(28)9-11-22/h8-11,18-20,23-24,29,36H,4-7,12-17H2,1-3H3,(H,30,34)/t20-,24-/m1/s1. The lowest BCUT2D eigenvalue weighted by atomic mass is 9.84. The third-order valence-electron chi connectivity index (χ3n) is 7.41. The minimum Gasteiger partial charge on any atom is -0.382 e. The van der Waals surface area contributed by atoms with E-state index in [0.29, 0.717) is 36.9 Å². The van der Waals surface area contributed by atoms with Crippen LogP contribution in [-0.2, 0) is 14.4 Å². The van der Waals surface area contributed by atoms with E-state index in [2.05, 4.69) is 10.6 Å². The highest BCUT2D eigenvalue weighted by Crippen LogP contribution is 2.31. The number of anilines is 1. The Balaban J connectivity index is 1.61. The second kappa shape index (κ2) is 12.5. The summed E-state index contributed by atoms with van der Waals surface area (Å²) >= 11 is 0. The molecule has 1 heterocycles. The van der Waals surface area contributed by atoms with Gasteiger partial charge in [0.25, 0.3) is 0 Å². The summed E-state index contributed by atoms with van der Waals surface area (Å²) in [7, 11) is 0. The second-order valence-corrected chi connectivity index (χ2v) is 11.4. The van der Waals surface area contributed by atoms with E-state index in [9.17, 15) is 24.0 Å². The third-order valence-corrected chi connectivity index (χ3v) is 7.41. The maximum Gasteiger partial charge on any atom is 0.245 e. The van der Waals surface area contributed by atoms with Crippen molar-refractivity contribution in [1.29, 1.82) is 0 Å². The first-order chi connectivity index (χ1) is 17.1. The van der Waals surface area contributed by atoms with Crippen molar-refractivity contribution in [3.63, 3.8) is 0 Å². The maximum absolute atomic E-state index is 13.6. The Kier molecular flexibility index (Phi) is 9.70. The van der Waals surface area contributed by atoms with Crippen LogP contribution in [0.4, 0.5) is 10.1 Å². The lowest BCUT2D eigenvalue weighted by Crippen LogP contribution is -2.58. The van der Waals surface area contributed by atoms with E-state index >= 15 is 0 Å². The molecule has 0 spiro atoms. The van der Waals surface area contributed by atoms with Crippen molar-refractivity contribution in [2.24, 2.45) is 17.3 Å². The van der Waals surface area contributed by atoms with Gasteiger partial charge in [-0.15, -0.1) is 0 Å². The van der Waals surface area contributed by atoms with E-state index in [1.165, 1.54) is 12.1 Å². The fourth-order valence-electron chi connectivity index (χ4n) is 5.30. The highest BCUT2D eigenvalue weighted by Gasteiger charge is 2.38. The van der Waals surface area contributed by atoms with Crippen LogP contribution in [0, 0.1) is 23.1 Å². The van der Waals surface area contributed by atoms with E-state index in [-0.39, 0.29) is 30.2 Å². The molecular weight excluding hydrogens is 463 g/mol. The van der Waals surface area contributed by atoms with Crippen molar-refractivity contribution in [1.82, 2.24) is 15.3 Å². The first kappa shape index (κ1) is 27.9. The van der Waals surface area contributed by atoms with Crippen LogP contribution < -0.4 is 10.6 Å².